The average molecular weight is 386 g/mol. The lowest BCUT2D eigenvalue weighted by Gasteiger charge is -2.18. The lowest BCUT2D eigenvalue weighted by Crippen LogP contribution is -2.28. The monoisotopic (exact) mass is 385 g/mol. The highest BCUT2D eigenvalue weighted by atomic mass is 32.1. The van der Waals surface area contributed by atoms with E-state index in [1.807, 2.05) is 17.0 Å². The number of fused-ring (bicyclic) bond motifs is 1. The summed E-state index contributed by atoms with van der Waals surface area (Å²) in [6.45, 7) is 1.51. The molecule has 27 heavy (non-hydrogen) atoms. The normalized spacial score (nSPS) is 20.5. The highest BCUT2D eigenvalue weighted by Crippen LogP contribution is 2.39. The summed E-state index contributed by atoms with van der Waals surface area (Å²) in [6, 6.07) is 3.97. The van der Waals surface area contributed by atoms with Crippen LogP contribution < -0.4 is 5.32 Å². The zero-order chi connectivity index (χ0) is 18.8. The molecule has 1 aliphatic heterocycles. The highest BCUT2D eigenvalue weighted by Gasteiger charge is 2.32. The summed E-state index contributed by atoms with van der Waals surface area (Å²) in [5.41, 5.74) is 1.08. The van der Waals surface area contributed by atoms with Crippen LogP contribution in [0, 0.1) is 5.92 Å². The molecular weight excluding hydrogens is 358 g/mol. The van der Waals surface area contributed by atoms with Crippen LogP contribution in [0.2, 0.25) is 0 Å². The largest absolute Gasteiger partial charge is 0.354 e. The van der Waals surface area contributed by atoms with Crippen molar-refractivity contribution in [2.24, 2.45) is 5.92 Å². The first-order valence-electron chi connectivity index (χ1n) is 10.0. The molecule has 0 spiro atoms. The molecule has 1 aliphatic carbocycles. The van der Waals surface area contributed by atoms with Crippen LogP contribution in [0.4, 0.5) is 0 Å². The van der Waals surface area contributed by atoms with Gasteiger partial charge in [0.1, 0.15) is 4.83 Å². The van der Waals surface area contributed by atoms with E-state index in [0.717, 1.165) is 46.0 Å². The summed E-state index contributed by atoms with van der Waals surface area (Å²) in [4.78, 5) is 33.2. The molecule has 2 amide bonds. The summed E-state index contributed by atoms with van der Waals surface area (Å²) in [5.74, 6) is 1.19. The van der Waals surface area contributed by atoms with Gasteiger partial charge in [-0.25, -0.2) is 4.98 Å². The molecule has 5 nitrogen and oxygen atoms in total. The number of nitrogens with zero attached hydrogens (tertiary/aromatic N) is 2. The van der Waals surface area contributed by atoms with Gasteiger partial charge in [0.05, 0.1) is 4.88 Å². The smallest absolute Gasteiger partial charge is 0.261 e. The maximum atomic E-state index is 12.7. The molecule has 1 saturated carbocycles. The summed E-state index contributed by atoms with van der Waals surface area (Å²) in [5, 5.41) is 3.82. The molecule has 0 radical (unpaired) electrons. The second kappa shape index (κ2) is 7.97. The van der Waals surface area contributed by atoms with Crippen LogP contribution in [-0.2, 0) is 4.79 Å². The molecule has 6 heteroatoms. The molecule has 1 atom stereocenters. The van der Waals surface area contributed by atoms with E-state index < -0.39 is 0 Å². The van der Waals surface area contributed by atoms with Crippen molar-refractivity contribution in [2.75, 3.05) is 20.1 Å². The Morgan fingerprint density at radius 2 is 2.11 bits per heavy atom. The van der Waals surface area contributed by atoms with Crippen molar-refractivity contribution in [1.29, 1.82) is 0 Å². The van der Waals surface area contributed by atoms with Crippen molar-refractivity contribution in [3.8, 4) is 0 Å². The molecule has 1 saturated heterocycles. The Bertz CT molecular complexity index is 841. The summed E-state index contributed by atoms with van der Waals surface area (Å²) < 4.78 is 0. The van der Waals surface area contributed by atoms with E-state index in [2.05, 4.69) is 10.3 Å². The third kappa shape index (κ3) is 3.72. The van der Waals surface area contributed by atoms with Crippen LogP contribution in [0.1, 0.15) is 66.1 Å². The van der Waals surface area contributed by atoms with E-state index in [4.69, 9.17) is 0 Å². The first kappa shape index (κ1) is 18.4. The van der Waals surface area contributed by atoms with Gasteiger partial charge in [0, 0.05) is 44.1 Å². The van der Waals surface area contributed by atoms with Crippen molar-refractivity contribution in [3.05, 3.63) is 28.8 Å². The van der Waals surface area contributed by atoms with Crippen LogP contribution in [0.25, 0.3) is 10.2 Å². The topological polar surface area (TPSA) is 62.3 Å². The van der Waals surface area contributed by atoms with Crippen LogP contribution in [0.15, 0.2) is 18.3 Å². The fourth-order valence-corrected chi connectivity index (χ4v) is 5.82. The fraction of sp³-hybridized carbons (Fsp3) is 0.571. The second-order valence-corrected chi connectivity index (χ2v) is 8.79. The number of hydrogen-bond donors (Lipinski definition) is 1. The highest BCUT2D eigenvalue weighted by molar-refractivity contribution is 7.20. The van der Waals surface area contributed by atoms with Crippen molar-refractivity contribution in [1.82, 2.24) is 15.2 Å². The molecule has 144 valence electrons. The van der Waals surface area contributed by atoms with Gasteiger partial charge in [0.25, 0.3) is 5.91 Å². The summed E-state index contributed by atoms with van der Waals surface area (Å²) >= 11 is 1.45. The Morgan fingerprint density at radius 3 is 2.89 bits per heavy atom. The van der Waals surface area contributed by atoms with Gasteiger partial charge in [-0.1, -0.05) is 31.7 Å². The number of hydrogen-bond acceptors (Lipinski definition) is 4. The number of carbonyl (C=O) groups excluding carboxylic acids is 2. The second-order valence-electron chi connectivity index (χ2n) is 7.79. The van der Waals surface area contributed by atoms with Crippen LogP contribution in [-0.4, -0.2) is 41.8 Å². The predicted molar refractivity (Wildman–Crippen MR) is 108 cm³/mol. The predicted octanol–water partition coefficient (Wildman–Crippen LogP) is 3.94. The van der Waals surface area contributed by atoms with Crippen molar-refractivity contribution >= 4 is 33.4 Å². The van der Waals surface area contributed by atoms with E-state index in [1.54, 1.807) is 13.2 Å². The number of nitrogens with one attached hydrogen (secondary N) is 1. The first-order valence-corrected chi connectivity index (χ1v) is 10.9. The van der Waals surface area contributed by atoms with E-state index in [1.165, 1.54) is 37.0 Å². The van der Waals surface area contributed by atoms with Crippen molar-refractivity contribution in [3.63, 3.8) is 0 Å². The minimum Gasteiger partial charge on any atom is -0.354 e. The Hall–Kier alpha value is -1.95. The molecule has 3 heterocycles. The van der Waals surface area contributed by atoms with Gasteiger partial charge in [-0.05, 0) is 30.4 Å². The molecule has 1 unspecified atom stereocenters. The summed E-state index contributed by atoms with van der Waals surface area (Å²) in [6.07, 6.45) is 9.63. The first-order chi connectivity index (χ1) is 13.2. The lowest BCUT2D eigenvalue weighted by atomic mass is 9.95. The molecule has 2 aromatic heterocycles. The molecule has 0 bridgehead atoms. The molecule has 2 fully saturated rings. The fourth-order valence-electron chi connectivity index (χ4n) is 4.65. The Balaban J connectivity index is 1.49. The maximum Gasteiger partial charge on any atom is 0.261 e. The van der Waals surface area contributed by atoms with Gasteiger partial charge in [-0.3, -0.25) is 9.59 Å². The Labute approximate surface area is 164 Å². The van der Waals surface area contributed by atoms with Crippen LogP contribution >= 0.6 is 11.3 Å². The molecular formula is C21H27N3O2S. The lowest BCUT2D eigenvalue weighted by molar-refractivity contribution is -0.130. The zero-order valence-corrected chi connectivity index (χ0v) is 16.7. The van der Waals surface area contributed by atoms with Gasteiger partial charge in [-0.2, -0.15) is 0 Å². The number of pyridine rings is 1. The van der Waals surface area contributed by atoms with Gasteiger partial charge >= 0.3 is 0 Å². The van der Waals surface area contributed by atoms with E-state index in [9.17, 15) is 9.59 Å². The molecule has 0 aromatic carbocycles. The van der Waals surface area contributed by atoms with Crippen LogP contribution in [0.3, 0.4) is 0 Å². The number of aromatic nitrogens is 1. The molecule has 2 aliphatic rings. The SMILES string of the molecule is CNC(=O)c1sc2ncccc2c1C1CCN(C(=O)CCC2CCCC2)C1. The van der Waals surface area contributed by atoms with Crippen molar-refractivity contribution in [2.45, 2.75) is 50.9 Å². The third-order valence-electron chi connectivity index (χ3n) is 6.13. The van der Waals surface area contributed by atoms with Gasteiger partial charge in [0.15, 0.2) is 0 Å². The minimum absolute atomic E-state index is 0.0565. The zero-order valence-electron chi connectivity index (χ0n) is 15.9. The molecule has 2 aromatic rings. The average Bonchev–Trinajstić information content (AvgIpc) is 3.44. The number of rotatable bonds is 5. The third-order valence-corrected chi connectivity index (χ3v) is 7.26. The minimum atomic E-state index is -0.0565. The van der Waals surface area contributed by atoms with E-state index >= 15 is 0 Å². The quantitative estimate of drug-likeness (QED) is 0.848. The van der Waals surface area contributed by atoms with Gasteiger partial charge < -0.3 is 10.2 Å². The Morgan fingerprint density at radius 1 is 1.30 bits per heavy atom. The van der Waals surface area contributed by atoms with Crippen molar-refractivity contribution < 1.29 is 9.59 Å². The molecule has 1 N–H and O–H groups in total. The van der Waals surface area contributed by atoms with Gasteiger partial charge in [-0.15, -0.1) is 11.3 Å². The number of thiophene rings is 1. The van der Waals surface area contributed by atoms with Crippen LogP contribution in [0.5, 0.6) is 0 Å². The molecule has 4 rings (SSSR count). The standard InChI is InChI=1S/C21H27N3O2S/c1-22-20(26)19-18(16-7-4-11-23-21(16)27-19)15-10-12-24(13-15)17(25)9-8-14-5-2-3-6-14/h4,7,11,14-15H,2-3,5-6,8-10,12-13H2,1H3,(H,22,26). The Kier molecular flexibility index (Phi) is 5.43. The van der Waals surface area contributed by atoms with E-state index in [-0.39, 0.29) is 17.7 Å². The number of carbonyl (C=O) groups is 2. The maximum absolute atomic E-state index is 12.7. The number of likely N-dealkylation sites (tertiary alicyclic amines) is 1. The summed E-state index contributed by atoms with van der Waals surface area (Å²) in [7, 11) is 1.66. The van der Waals surface area contributed by atoms with Gasteiger partial charge in [0.2, 0.25) is 5.91 Å². The number of amides is 2. The van der Waals surface area contributed by atoms with E-state index in [0.29, 0.717) is 13.0 Å².